The van der Waals surface area contributed by atoms with Crippen LogP contribution in [0.2, 0.25) is 0 Å². The molecule has 0 aliphatic rings. The average molecular weight is 326 g/mol. The summed E-state index contributed by atoms with van der Waals surface area (Å²) in [6.07, 6.45) is 2.95. The normalized spacial score (nSPS) is 12.8. The molecule has 5 nitrogen and oxygen atoms in total. The van der Waals surface area contributed by atoms with Gasteiger partial charge in [0.2, 0.25) is 15.9 Å². The Labute approximate surface area is 133 Å². The molecule has 1 rings (SSSR count). The first-order valence-corrected chi connectivity index (χ1v) is 9.34. The molecule has 0 aromatic heterocycles. The molecule has 0 unspecified atom stereocenters. The largest absolute Gasteiger partial charge is 0.352 e. The SMILES string of the molecule is CCC[C@H](C)NC(=O)CN(c1ccc(C)c(C)c1)S(C)(=O)=O. The van der Waals surface area contributed by atoms with Gasteiger partial charge in [-0.2, -0.15) is 0 Å². The summed E-state index contributed by atoms with van der Waals surface area (Å²) < 4.78 is 25.2. The number of hydrogen-bond donors (Lipinski definition) is 1. The van der Waals surface area contributed by atoms with E-state index in [-0.39, 0.29) is 18.5 Å². The summed E-state index contributed by atoms with van der Waals surface area (Å²) in [6, 6.07) is 5.42. The van der Waals surface area contributed by atoms with Gasteiger partial charge in [-0.1, -0.05) is 19.4 Å². The number of carbonyl (C=O) groups excluding carboxylic acids is 1. The number of rotatable bonds is 7. The van der Waals surface area contributed by atoms with E-state index >= 15 is 0 Å². The van der Waals surface area contributed by atoms with Crippen molar-refractivity contribution >= 4 is 21.6 Å². The molecular formula is C16H26N2O3S. The molecule has 1 amide bonds. The number of aryl methyl sites for hydroxylation is 2. The highest BCUT2D eigenvalue weighted by Gasteiger charge is 2.21. The lowest BCUT2D eigenvalue weighted by Crippen LogP contribution is -2.43. The Morgan fingerprint density at radius 2 is 1.91 bits per heavy atom. The van der Waals surface area contributed by atoms with Crippen LogP contribution >= 0.6 is 0 Å². The van der Waals surface area contributed by atoms with Gasteiger partial charge >= 0.3 is 0 Å². The van der Waals surface area contributed by atoms with E-state index in [1.807, 2.05) is 33.8 Å². The van der Waals surface area contributed by atoms with Gasteiger partial charge in [-0.15, -0.1) is 0 Å². The molecule has 6 heteroatoms. The topological polar surface area (TPSA) is 66.5 Å². The molecule has 0 saturated carbocycles. The van der Waals surface area contributed by atoms with E-state index in [0.29, 0.717) is 5.69 Å². The predicted octanol–water partition coefficient (Wildman–Crippen LogP) is 2.37. The standard InChI is InChI=1S/C16H26N2O3S/c1-6-7-14(4)17-16(19)11-18(22(5,20)21)15-9-8-12(2)13(3)10-15/h8-10,14H,6-7,11H2,1-5H3,(H,17,19)/t14-/m0/s1. The Morgan fingerprint density at radius 1 is 1.27 bits per heavy atom. The van der Waals surface area contributed by atoms with Gasteiger partial charge < -0.3 is 5.32 Å². The molecule has 22 heavy (non-hydrogen) atoms. The number of sulfonamides is 1. The van der Waals surface area contributed by atoms with Crippen molar-refractivity contribution in [3.63, 3.8) is 0 Å². The predicted molar refractivity (Wildman–Crippen MR) is 90.6 cm³/mol. The van der Waals surface area contributed by atoms with Gasteiger partial charge in [0, 0.05) is 6.04 Å². The molecule has 0 bridgehead atoms. The lowest BCUT2D eigenvalue weighted by molar-refractivity contribution is -0.120. The lowest BCUT2D eigenvalue weighted by Gasteiger charge is -2.23. The monoisotopic (exact) mass is 326 g/mol. The number of nitrogens with zero attached hydrogens (tertiary/aromatic N) is 1. The van der Waals surface area contributed by atoms with E-state index in [1.54, 1.807) is 12.1 Å². The fourth-order valence-electron chi connectivity index (χ4n) is 2.24. The van der Waals surface area contributed by atoms with Crippen LogP contribution in [0.25, 0.3) is 0 Å². The summed E-state index contributed by atoms with van der Waals surface area (Å²) in [5, 5.41) is 2.83. The molecule has 0 spiro atoms. The van der Waals surface area contributed by atoms with Crippen LogP contribution in [0.3, 0.4) is 0 Å². The van der Waals surface area contributed by atoms with Crippen LogP contribution in [0.15, 0.2) is 18.2 Å². The summed E-state index contributed by atoms with van der Waals surface area (Å²) >= 11 is 0. The highest BCUT2D eigenvalue weighted by molar-refractivity contribution is 7.92. The maximum absolute atomic E-state index is 12.1. The van der Waals surface area contributed by atoms with Crippen LogP contribution < -0.4 is 9.62 Å². The zero-order valence-electron chi connectivity index (χ0n) is 14.0. The lowest BCUT2D eigenvalue weighted by atomic mass is 10.1. The molecule has 0 aliphatic heterocycles. The molecule has 0 radical (unpaired) electrons. The van der Waals surface area contributed by atoms with Crippen molar-refractivity contribution in [1.82, 2.24) is 5.32 Å². The average Bonchev–Trinajstić information content (AvgIpc) is 2.38. The van der Waals surface area contributed by atoms with E-state index in [9.17, 15) is 13.2 Å². The highest BCUT2D eigenvalue weighted by atomic mass is 32.2. The van der Waals surface area contributed by atoms with E-state index in [4.69, 9.17) is 0 Å². The minimum atomic E-state index is -3.52. The van der Waals surface area contributed by atoms with Gasteiger partial charge in [0.15, 0.2) is 0 Å². The number of amides is 1. The number of nitrogens with one attached hydrogen (secondary N) is 1. The molecule has 0 saturated heterocycles. The highest BCUT2D eigenvalue weighted by Crippen LogP contribution is 2.21. The molecule has 0 aliphatic carbocycles. The van der Waals surface area contributed by atoms with Crippen LogP contribution in [-0.4, -0.2) is 33.2 Å². The fourth-order valence-corrected chi connectivity index (χ4v) is 3.09. The van der Waals surface area contributed by atoms with Crippen molar-refractivity contribution in [3.05, 3.63) is 29.3 Å². The van der Waals surface area contributed by atoms with Gasteiger partial charge in [0.1, 0.15) is 6.54 Å². The maximum atomic E-state index is 12.1. The first-order valence-electron chi connectivity index (χ1n) is 7.49. The smallest absolute Gasteiger partial charge is 0.240 e. The van der Waals surface area contributed by atoms with E-state index < -0.39 is 10.0 Å². The van der Waals surface area contributed by atoms with E-state index in [0.717, 1.165) is 34.5 Å². The van der Waals surface area contributed by atoms with Gasteiger partial charge in [-0.05, 0) is 50.5 Å². The van der Waals surface area contributed by atoms with Crippen LogP contribution in [0, 0.1) is 13.8 Å². The number of benzene rings is 1. The second-order valence-corrected chi connectivity index (χ2v) is 7.70. The second kappa shape index (κ2) is 7.63. The fraction of sp³-hybridized carbons (Fsp3) is 0.562. The summed E-state index contributed by atoms with van der Waals surface area (Å²) in [4.78, 5) is 12.1. The van der Waals surface area contributed by atoms with Crippen molar-refractivity contribution in [1.29, 1.82) is 0 Å². The Bertz CT molecular complexity index is 626. The van der Waals surface area contributed by atoms with Crippen LogP contribution in [0.5, 0.6) is 0 Å². The Morgan fingerprint density at radius 3 is 2.41 bits per heavy atom. The summed E-state index contributed by atoms with van der Waals surface area (Å²) in [7, 11) is -3.52. The Balaban J connectivity index is 2.95. The number of carbonyl (C=O) groups is 1. The third kappa shape index (κ3) is 5.33. The van der Waals surface area contributed by atoms with Crippen LogP contribution in [0.4, 0.5) is 5.69 Å². The third-order valence-electron chi connectivity index (χ3n) is 3.60. The number of hydrogen-bond acceptors (Lipinski definition) is 3. The van der Waals surface area contributed by atoms with Crippen LogP contribution in [0.1, 0.15) is 37.8 Å². The van der Waals surface area contributed by atoms with Crippen LogP contribution in [-0.2, 0) is 14.8 Å². The summed E-state index contributed by atoms with van der Waals surface area (Å²) in [6.45, 7) is 7.64. The second-order valence-electron chi connectivity index (χ2n) is 5.80. The minimum Gasteiger partial charge on any atom is -0.352 e. The first kappa shape index (κ1) is 18.5. The quantitative estimate of drug-likeness (QED) is 0.836. The first-order chi connectivity index (χ1) is 10.1. The molecular weight excluding hydrogens is 300 g/mol. The molecule has 1 aromatic carbocycles. The third-order valence-corrected chi connectivity index (χ3v) is 4.74. The van der Waals surface area contributed by atoms with Gasteiger partial charge in [-0.3, -0.25) is 9.10 Å². The molecule has 1 aromatic rings. The van der Waals surface area contributed by atoms with Crippen molar-refractivity contribution in [2.45, 2.75) is 46.6 Å². The van der Waals surface area contributed by atoms with Gasteiger partial charge in [-0.25, -0.2) is 8.42 Å². The Hall–Kier alpha value is -1.56. The Kier molecular flexibility index (Phi) is 6.41. The summed E-state index contributed by atoms with van der Waals surface area (Å²) in [5.74, 6) is -0.287. The maximum Gasteiger partial charge on any atom is 0.240 e. The molecule has 124 valence electrons. The van der Waals surface area contributed by atoms with Crippen molar-refractivity contribution in [2.24, 2.45) is 0 Å². The molecule has 1 atom stereocenters. The molecule has 0 fully saturated rings. The molecule has 0 heterocycles. The number of anilines is 1. The minimum absolute atomic E-state index is 0.0404. The van der Waals surface area contributed by atoms with Crippen molar-refractivity contribution < 1.29 is 13.2 Å². The zero-order valence-corrected chi connectivity index (χ0v) is 14.8. The van der Waals surface area contributed by atoms with Crippen molar-refractivity contribution in [3.8, 4) is 0 Å². The van der Waals surface area contributed by atoms with E-state index in [2.05, 4.69) is 5.32 Å². The van der Waals surface area contributed by atoms with Gasteiger partial charge in [0.25, 0.3) is 0 Å². The van der Waals surface area contributed by atoms with E-state index in [1.165, 1.54) is 0 Å². The molecule has 1 N–H and O–H groups in total. The van der Waals surface area contributed by atoms with Crippen molar-refractivity contribution in [2.75, 3.05) is 17.1 Å². The van der Waals surface area contributed by atoms with Gasteiger partial charge in [0.05, 0.1) is 11.9 Å². The summed E-state index contributed by atoms with van der Waals surface area (Å²) in [5.41, 5.74) is 2.59. The zero-order chi connectivity index (χ0) is 16.9.